The number of aryl methyl sites for hydroxylation is 1. The van der Waals surface area contributed by atoms with Crippen LogP contribution in [0.4, 0.5) is 0 Å². The second-order valence-corrected chi connectivity index (χ2v) is 21.5. The van der Waals surface area contributed by atoms with E-state index in [1.165, 1.54) is 164 Å². The van der Waals surface area contributed by atoms with Gasteiger partial charge in [0.25, 0.3) is 0 Å². The molecule has 0 atom stereocenters. The van der Waals surface area contributed by atoms with E-state index in [2.05, 4.69) is 243 Å². The van der Waals surface area contributed by atoms with Gasteiger partial charge < -0.3 is 8.80 Å². The van der Waals surface area contributed by atoms with Crippen molar-refractivity contribution in [2.24, 2.45) is 0 Å². The maximum atomic E-state index is 2.54. The van der Waals surface area contributed by atoms with Gasteiger partial charge in [0.1, 0.15) is 0 Å². The molecule has 0 N–H and O–H groups in total. The van der Waals surface area contributed by atoms with Gasteiger partial charge in [0.2, 0.25) is 0 Å². The van der Waals surface area contributed by atoms with Crippen molar-refractivity contribution in [3.63, 3.8) is 0 Å². The van der Waals surface area contributed by atoms with Crippen molar-refractivity contribution in [1.29, 1.82) is 0 Å². The van der Waals surface area contributed by atoms with Crippen molar-refractivity contribution in [2.75, 3.05) is 0 Å². The molecule has 0 aliphatic heterocycles. The molecule has 0 unspecified atom stereocenters. The van der Waals surface area contributed by atoms with Crippen LogP contribution in [0.25, 0.3) is 153 Å². The minimum Gasteiger partial charge on any atom is -0.308 e. The molecule has 0 spiro atoms. The molecule has 2 heteroatoms. The summed E-state index contributed by atoms with van der Waals surface area (Å²) in [6.45, 7) is 9.02. The van der Waals surface area contributed by atoms with Crippen molar-refractivity contribution in [1.82, 2.24) is 8.80 Å². The van der Waals surface area contributed by atoms with E-state index in [-0.39, 0.29) is 5.41 Å². The summed E-state index contributed by atoms with van der Waals surface area (Å²) in [6, 6.07) is 79.0. The lowest BCUT2D eigenvalue weighted by Crippen LogP contribution is -2.10. The van der Waals surface area contributed by atoms with Crippen LogP contribution in [0.15, 0.2) is 206 Å². The molecule has 2 nitrogen and oxygen atoms in total. The Morgan fingerprint density at radius 3 is 0.972 bits per heavy atom. The Bertz CT molecular complexity index is 4940. The van der Waals surface area contributed by atoms with Crippen LogP contribution in [0.3, 0.4) is 0 Å². The number of aromatic nitrogens is 2. The van der Waals surface area contributed by atoms with E-state index < -0.39 is 0 Å². The molecule has 0 amide bonds. The van der Waals surface area contributed by atoms with Crippen LogP contribution in [0.1, 0.15) is 31.9 Å². The van der Waals surface area contributed by atoms with E-state index in [0.29, 0.717) is 0 Å². The van der Waals surface area contributed by atoms with E-state index in [1.807, 2.05) is 0 Å². The molecule has 0 aliphatic carbocycles. The summed E-state index contributed by atoms with van der Waals surface area (Å²) in [5.41, 5.74) is 17.8. The predicted octanol–water partition coefficient (Wildman–Crippen LogP) is 19.2. The molecule has 12 aromatic carbocycles. The quantitative estimate of drug-likeness (QED) is 0.167. The number of nitrogens with zero attached hydrogens (tertiary/aromatic N) is 2. The minimum absolute atomic E-state index is 0.0952. The maximum absolute atomic E-state index is 2.54. The summed E-state index contributed by atoms with van der Waals surface area (Å²) in [4.78, 5) is 0. The molecule has 0 saturated carbocycles. The Balaban J connectivity index is 0.887. The highest BCUT2D eigenvalue weighted by Crippen LogP contribution is 2.47. The van der Waals surface area contributed by atoms with Crippen LogP contribution in [0, 0.1) is 6.92 Å². The van der Waals surface area contributed by atoms with Gasteiger partial charge in [-0.05, 0) is 179 Å². The average molecular weight is 903 g/mol. The van der Waals surface area contributed by atoms with Gasteiger partial charge in [-0.15, -0.1) is 0 Å². The van der Waals surface area contributed by atoms with E-state index in [1.54, 1.807) is 0 Å². The molecule has 16 aromatic rings. The first-order valence-corrected chi connectivity index (χ1v) is 25.0. The Morgan fingerprint density at radius 2 is 0.592 bits per heavy atom. The van der Waals surface area contributed by atoms with Gasteiger partial charge in [-0.3, -0.25) is 0 Å². The van der Waals surface area contributed by atoms with E-state index >= 15 is 0 Å². The second-order valence-electron chi connectivity index (χ2n) is 21.5. The Kier molecular flexibility index (Phi) is 7.58. The molecule has 0 aliphatic rings. The molecule has 332 valence electrons. The molecule has 4 heterocycles. The topological polar surface area (TPSA) is 8.82 Å². The lowest BCUT2D eigenvalue weighted by Gasteiger charge is -2.19. The summed E-state index contributed by atoms with van der Waals surface area (Å²) in [7, 11) is 0. The summed E-state index contributed by atoms with van der Waals surface area (Å²) in [5, 5.41) is 20.4. The van der Waals surface area contributed by atoms with E-state index in [9.17, 15) is 0 Å². The third-order valence-corrected chi connectivity index (χ3v) is 16.2. The van der Waals surface area contributed by atoms with Gasteiger partial charge in [0.15, 0.2) is 0 Å². The standard InChI is InChI=1S/C69H46N2/c1-39-13-15-40(16-14-39)52-31-59-55-27-42-9-5-7-11-44(42)35-63(55)70-65-37-48-19-17-46(25-50(48)29-57(65)61(32-52)67(59)70)47-18-20-49-38-66-58(30-51(49)26-47)62-34-53(41-21-23-54(24-22-41)69(2,3)4)33-60-56-28-43-10-6-8-12-45(43)36-64(56)71(66)68(60)62/h5-38H,1-4H3. The summed E-state index contributed by atoms with van der Waals surface area (Å²) in [5.74, 6) is 0. The Labute approximate surface area is 409 Å². The van der Waals surface area contributed by atoms with Crippen molar-refractivity contribution in [2.45, 2.75) is 33.1 Å². The van der Waals surface area contributed by atoms with Gasteiger partial charge in [-0.1, -0.05) is 148 Å². The lowest BCUT2D eigenvalue weighted by molar-refractivity contribution is 0.590. The highest BCUT2D eigenvalue weighted by molar-refractivity contribution is 6.29. The first-order valence-electron chi connectivity index (χ1n) is 25.0. The van der Waals surface area contributed by atoms with Crippen molar-refractivity contribution < 1.29 is 0 Å². The summed E-state index contributed by atoms with van der Waals surface area (Å²) < 4.78 is 5.07. The molecule has 0 bridgehead atoms. The SMILES string of the molecule is Cc1ccc(-c2cc3c4cc5ccccc5cc4n4c5cc6ccc(-c7ccc8cc9c(cc8c7)c7cc(-c8ccc(C(C)(C)C)cc8)cc8c%10cc%11ccccc%11cc%10n9c87)cc6cc5c(c2)c34)cc1. The molecule has 0 radical (unpaired) electrons. The van der Waals surface area contributed by atoms with Crippen LogP contribution >= 0.6 is 0 Å². The zero-order chi connectivity index (χ0) is 47.0. The summed E-state index contributed by atoms with van der Waals surface area (Å²) >= 11 is 0. The molecular formula is C69H46N2. The fourth-order valence-electron chi connectivity index (χ4n) is 12.5. The number of hydrogen-bond donors (Lipinski definition) is 0. The van der Waals surface area contributed by atoms with Crippen LogP contribution < -0.4 is 0 Å². The zero-order valence-corrected chi connectivity index (χ0v) is 40.0. The van der Waals surface area contributed by atoms with Gasteiger partial charge in [0, 0.05) is 43.1 Å². The van der Waals surface area contributed by atoms with Crippen LogP contribution in [-0.2, 0) is 5.41 Å². The smallest absolute Gasteiger partial charge is 0.0620 e. The molecule has 0 saturated heterocycles. The molecular weight excluding hydrogens is 857 g/mol. The van der Waals surface area contributed by atoms with Gasteiger partial charge in [-0.25, -0.2) is 0 Å². The lowest BCUT2D eigenvalue weighted by atomic mass is 9.86. The largest absolute Gasteiger partial charge is 0.308 e. The number of fused-ring (bicyclic) bond motifs is 16. The fourth-order valence-corrected chi connectivity index (χ4v) is 12.5. The maximum Gasteiger partial charge on any atom is 0.0620 e. The molecule has 0 fully saturated rings. The van der Waals surface area contributed by atoms with Crippen molar-refractivity contribution >= 4 is 119 Å². The highest BCUT2D eigenvalue weighted by atomic mass is 14.9. The first-order chi connectivity index (χ1) is 34.7. The first kappa shape index (κ1) is 39.2. The Hall–Kier alpha value is -8.72. The monoisotopic (exact) mass is 902 g/mol. The number of benzene rings is 12. The van der Waals surface area contributed by atoms with Gasteiger partial charge in [-0.2, -0.15) is 0 Å². The van der Waals surface area contributed by atoms with Crippen LogP contribution in [0.5, 0.6) is 0 Å². The van der Waals surface area contributed by atoms with Crippen LogP contribution in [0.2, 0.25) is 0 Å². The molecule has 71 heavy (non-hydrogen) atoms. The molecule has 4 aromatic heterocycles. The average Bonchev–Trinajstić information content (AvgIpc) is 4.10. The third kappa shape index (κ3) is 5.53. The van der Waals surface area contributed by atoms with Crippen molar-refractivity contribution in [3.8, 4) is 33.4 Å². The normalized spacial score (nSPS) is 12.8. The van der Waals surface area contributed by atoms with E-state index in [0.717, 1.165) is 0 Å². The second kappa shape index (κ2) is 13.7. The predicted molar refractivity (Wildman–Crippen MR) is 306 cm³/mol. The minimum atomic E-state index is 0.0952. The van der Waals surface area contributed by atoms with Crippen LogP contribution in [-0.4, -0.2) is 8.80 Å². The highest BCUT2D eigenvalue weighted by Gasteiger charge is 2.23. The fraction of sp³-hybridized carbons (Fsp3) is 0.0725. The van der Waals surface area contributed by atoms with Gasteiger partial charge >= 0.3 is 0 Å². The van der Waals surface area contributed by atoms with E-state index in [4.69, 9.17) is 0 Å². The van der Waals surface area contributed by atoms with Gasteiger partial charge in [0.05, 0.1) is 33.1 Å². The third-order valence-electron chi connectivity index (χ3n) is 16.2. The number of rotatable bonds is 3. The zero-order valence-electron chi connectivity index (χ0n) is 40.0. The number of hydrogen-bond acceptors (Lipinski definition) is 0. The Morgan fingerprint density at radius 1 is 0.268 bits per heavy atom. The van der Waals surface area contributed by atoms with Crippen molar-refractivity contribution in [3.05, 3.63) is 217 Å². The molecule has 16 rings (SSSR count). The summed E-state index contributed by atoms with van der Waals surface area (Å²) in [6.07, 6.45) is 0.